The molecule has 0 aromatic heterocycles. The van der Waals surface area contributed by atoms with Crippen molar-refractivity contribution in [2.24, 2.45) is 11.8 Å². The lowest BCUT2D eigenvalue weighted by Gasteiger charge is -2.24. The Balaban J connectivity index is 1.51. The summed E-state index contributed by atoms with van der Waals surface area (Å²) in [6, 6.07) is 13.6. The second-order valence-corrected chi connectivity index (χ2v) is 8.92. The molecule has 2 aromatic carbocycles. The van der Waals surface area contributed by atoms with Gasteiger partial charge in [0.15, 0.2) is 0 Å². The Hall–Kier alpha value is -2.86. The zero-order chi connectivity index (χ0) is 21.0. The number of rotatable bonds is 4. The number of hydrogen-bond acceptors (Lipinski definition) is 4. The minimum Gasteiger partial charge on any atom is -0.491 e. The number of ether oxygens (including phenoxy) is 1. The van der Waals surface area contributed by atoms with Crippen LogP contribution in [0.3, 0.4) is 0 Å². The van der Waals surface area contributed by atoms with Crippen molar-refractivity contribution in [2.45, 2.75) is 37.3 Å². The Morgan fingerprint density at radius 2 is 1.80 bits per heavy atom. The molecule has 6 nitrogen and oxygen atoms in total. The van der Waals surface area contributed by atoms with Crippen molar-refractivity contribution in [1.29, 1.82) is 0 Å². The van der Waals surface area contributed by atoms with Gasteiger partial charge in [-0.25, -0.2) is 0 Å². The van der Waals surface area contributed by atoms with E-state index in [1.807, 2.05) is 36.4 Å². The van der Waals surface area contributed by atoms with Gasteiger partial charge >= 0.3 is 0 Å². The van der Waals surface area contributed by atoms with Crippen molar-refractivity contribution in [3.63, 3.8) is 0 Å². The summed E-state index contributed by atoms with van der Waals surface area (Å²) >= 11 is 0. The van der Waals surface area contributed by atoms with Gasteiger partial charge in [0.05, 0.1) is 17.1 Å². The van der Waals surface area contributed by atoms with Gasteiger partial charge < -0.3 is 20.5 Å². The zero-order valence-corrected chi connectivity index (χ0v) is 17.1. The molecule has 0 radical (unpaired) electrons. The largest absolute Gasteiger partial charge is 0.491 e. The summed E-state index contributed by atoms with van der Waals surface area (Å²) in [7, 11) is 1.57. The predicted octanol–water partition coefficient (Wildman–Crippen LogP) is 2.24. The van der Waals surface area contributed by atoms with Gasteiger partial charge in [-0.15, -0.1) is 0 Å². The quantitative estimate of drug-likeness (QED) is 0.727. The Bertz CT molecular complexity index is 1010. The van der Waals surface area contributed by atoms with Crippen LogP contribution in [0.5, 0.6) is 5.75 Å². The SMILES string of the molecule is CNC(=O)c1cc(C(=O)NC2[C@H]3CC(O)C[C@@H]23)cc2c1OC[C@@]2(C)c1ccccc1. The highest BCUT2D eigenvalue weighted by molar-refractivity contribution is 6.02. The number of amides is 2. The van der Waals surface area contributed by atoms with E-state index in [0.717, 1.165) is 24.0 Å². The van der Waals surface area contributed by atoms with Gasteiger partial charge in [-0.05, 0) is 49.3 Å². The maximum absolute atomic E-state index is 13.1. The Labute approximate surface area is 175 Å². The number of hydrogen-bond donors (Lipinski definition) is 3. The van der Waals surface area contributed by atoms with E-state index >= 15 is 0 Å². The van der Waals surface area contributed by atoms with Crippen molar-refractivity contribution >= 4 is 11.8 Å². The van der Waals surface area contributed by atoms with Gasteiger partial charge in [0.2, 0.25) is 0 Å². The lowest BCUT2D eigenvalue weighted by atomic mass is 9.77. The molecule has 6 heteroatoms. The highest BCUT2D eigenvalue weighted by atomic mass is 16.5. The van der Waals surface area contributed by atoms with E-state index in [0.29, 0.717) is 35.3 Å². The van der Waals surface area contributed by atoms with Crippen molar-refractivity contribution in [1.82, 2.24) is 10.6 Å². The molecule has 2 saturated carbocycles. The predicted molar refractivity (Wildman–Crippen MR) is 112 cm³/mol. The molecule has 3 N–H and O–H groups in total. The van der Waals surface area contributed by atoms with Gasteiger partial charge in [0, 0.05) is 24.2 Å². The van der Waals surface area contributed by atoms with Crippen LogP contribution in [-0.4, -0.2) is 42.7 Å². The molecule has 30 heavy (non-hydrogen) atoms. The van der Waals surface area contributed by atoms with Crippen molar-refractivity contribution < 1.29 is 19.4 Å². The number of nitrogens with one attached hydrogen (secondary N) is 2. The molecule has 5 rings (SSSR count). The van der Waals surface area contributed by atoms with Crippen LogP contribution in [0.25, 0.3) is 0 Å². The van der Waals surface area contributed by atoms with Gasteiger partial charge in [0.25, 0.3) is 11.8 Å². The molecule has 1 heterocycles. The molecule has 5 atom stereocenters. The Morgan fingerprint density at radius 3 is 2.47 bits per heavy atom. The monoisotopic (exact) mass is 406 g/mol. The summed E-state index contributed by atoms with van der Waals surface area (Å²) in [6.45, 7) is 2.49. The van der Waals surface area contributed by atoms with E-state index in [2.05, 4.69) is 17.6 Å². The van der Waals surface area contributed by atoms with E-state index in [1.54, 1.807) is 13.1 Å². The molecule has 2 aliphatic carbocycles. The molecule has 2 unspecified atom stereocenters. The third-order valence-corrected chi connectivity index (χ3v) is 7.05. The van der Waals surface area contributed by atoms with E-state index < -0.39 is 5.41 Å². The summed E-state index contributed by atoms with van der Waals surface area (Å²) in [5.41, 5.74) is 2.33. The Morgan fingerprint density at radius 1 is 1.10 bits per heavy atom. The third-order valence-electron chi connectivity index (χ3n) is 7.05. The van der Waals surface area contributed by atoms with Crippen molar-refractivity contribution in [2.75, 3.05) is 13.7 Å². The van der Waals surface area contributed by atoms with Crippen LogP contribution in [0.2, 0.25) is 0 Å². The lowest BCUT2D eigenvalue weighted by molar-refractivity contribution is 0.0937. The van der Waals surface area contributed by atoms with Gasteiger partial charge in [-0.3, -0.25) is 9.59 Å². The normalized spacial score (nSPS) is 30.8. The molecule has 0 bridgehead atoms. The van der Waals surface area contributed by atoms with E-state index in [4.69, 9.17) is 4.74 Å². The number of carbonyl (C=O) groups excluding carboxylic acids is 2. The fourth-order valence-electron chi connectivity index (χ4n) is 5.23. The maximum Gasteiger partial charge on any atom is 0.254 e. The average Bonchev–Trinajstić information content (AvgIpc) is 3.08. The molecule has 2 fully saturated rings. The molecular weight excluding hydrogens is 380 g/mol. The van der Waals surface area contributed by atoms with E-state index in [1.165, 1.54) is 0 Å². The summed E-state index contributed by atoms with van der Waals surface area (Å²) in [5, 5.41) is 15.5. The molecule has 3 aliphatic rings. The maximum atomic E-state index is 13.1. The van der Waals surface area contributed by atoms with Gasteiger partial charge in [-0.1, -0.05) is 30.3 Å². The summed E-state index contributed by atoms with van der Waals surface area (Å²) in [5.74, 6) is 0.830. The van der Waals surface area contributed by atoms with Crippen LogP contribution in [-0.2, 0) is 5.41 Å². The molecule has 2 aromatic rings. The van der Waals surface area contributed by atoms with Gasteiger partial charge in [-0.2, -0.15) is 0 Å². The molecular formula is C24H26N2O4. The summed E-state index contributed by atoms with van der Waals surface area (Å²) < 4.78 is 6.00. The zero-order valence-electron chi connectivity index (χ0n) is 17.1. The van der Waals surface area contributed by atoms with E-state index in [9.17, 15) is 14.7 Å². The minimum absolute atomic E-state index is 0.120. The van der Waals surface area contributed by atoms with Gasteiger partial charge in [0.1, 0.15) is 12.4 Å². The summed E-state index contributed by atoms with van der Waals surface area (Å²) in [4.78, 5) is 25.6. The first-order valence-electron chi connectivity index (χ1n) is 10.5. The lowest BCUT2D eigenvalue weighted by Crippen LogP contribution is -2.31. The summed E-state index contributed by atoms with van der Waals surface area (Å²) in [6.07, 6.45) is 1.27. The molecule has 156 valence electrons. The number of carbonyl (C=O) groups is 2. The highest BCUT2D eigenvalue weighted by Gasteiger charge is 2.56. The van der Waals surface area contributed by atoms with Crippen LogP contribution in [0.1, 0.15) is 51.6 Å². The fourth-order valence-corrected chi connectivity index (χ4v) is 5.23. The molecule has 0 saturated heterocycles. The first kappa shape index (κ1) is 19.1. The second kappa shape index (κ2) is 6.84. The number of aliphatic hydroxyl groups is 1. The first-order valence-corrected chi connectivity index (χ1v) is 10.5. The smallest absolute Gasteiger partial charge is 0.254 e. The molecule has 2 amide bonds. The van der Waals surface area contributed by atoms with Crippen LogP contribution < -0.4 is 15.4 Å². The standard InChI is InChI=1S/C24H26N2O4/c1-24(14-6-4-3-5-7-14)12-30-21-18(23(29)25-2)8-13(9-19(21)24)22(28)26-20-16-10-15(27)11-17(16)20/h3-9,15-17,20,27H,10-12H2,1-2H3,(H,25,29)(H,26,28)/t15?,16-,17+,20?,24-/m0/s1. The molecule has 1 aliphatic heterocycles. The van der Waals surface area contributed by atoms with Crippen LogP contribution in [0.4, 0.5) is 0 Å². The Kier molecular flexibility index (Phi) is 4.36. The van der Waals surface area contributed by atoms with Crippen molar-refractivity contribution in [3.05, 3.63) is 64.7 Å². The number of aliphatic hydroxyl groups excluding tert-OH is 1. The van der Waals surface area contributed by atoms with Crippen LogP contribution in [0.15, 0.2) is 42.5 Å². The minimum atomic E-state index is -0.449. The molecule has 0 spiro atoms. The average molecular weight is 406 g/mol. The first-order chi connectivity index (χ1) is 14.4. The van der Waals surface area contributed by atoms with Crippen molar-refractivity contribution in [3.8, 4) is 5.75 Å². The third kappa shape index (κ3) is 2.89. The second-order valence-electron chi connectivity index (χ2n) is 8.92. The van der Waals surface area contributed by atoms with Crippen LogP contribution in [0, 0.1) is 11.8 Å². The van der Waals surface area contributed by atoms with E-state index in [-0.39, 0.29) is 24.0 Å². The van der Waals surface area contributed by atoms with Crippen LogP contribution >= 0.6 is 0 Å². The fraction of sp³-hybridized carbons (Fsp3) is 0.417. The number of benzene rings is 2. The highest BCUT2D eigenvalue weighted by Crippen LogP contribution is 2.52. The topological polar surface area (TPSA) is 87.7 Å². The number of fused-ring (bicyclic) bond motifs is 2.